The van der Waals surface area contributed by atoms with E-state index in [1.54, 1.807) is 24.3 Å². The van der Waals surface area contributed by atoms with Gasteiger partial charge in [0.1, 0.15) is 18.6 Å². The number of alkyl halides is 3. The number of Topliss-reactive ketones (excluding diaryl/α,β-unsaturated/α-hetero) is 1. The lowest BCUT2D eigenvalue weighted by molar-refractivity contribution is -0.153. The quantitative estimate of drug-likeness (QED) is 0.288. The van der Waals surface area contributed by atoms with E-state index in [4.69, 9.17) is 21.2 Å². The van der Waals surface area contributed by atoms with E-state index >= 15 is 0 Å². The summed E-state index contributed by atoms with van der Waals surface area (Å²) in [6.07, 6.45) is 2.63. The number of hydrogen-bond acceptors (Lipinski definition) is 5. The first-order valence-corrected chi connectivity index (χ1v) is 11.2. The Balaban J connectivity index is 1.72. The molecule has 0 amide bonds. The van der Waals surface area contributed by atoms with Gasteiger partial charge in [0.25, 0.3) is 0 Å². The van der Waals surface area contributed by atoms with Crippen molar-refractivity contribution in [3.63, 3.8) is 0 Å². The van der Waals surface area contributed by atoms with Crippen LogP contribution in [-0.2, 0) is 4.84 Å². The lowest BCUT2D eigenvalue weighted by Gasteiger charge is -2.23. The number of ether oxygens (including phenoxy) is 1. The molecule has 0 bridgehead atoms. The number of oxime groups is 1. The molecule has 3 rings (SSSR count). The molecule has 0 aliphatic heterocycles. The Morgan fingerprint density at radius 3 is 2.70 bits per heavy atom. The average Bonchev–Trinajstić information content (AvgIpc) is 2.79. The van der Waals surface area contributed by atoms with Crippen molar-refractivity contribution in [1.82, 2.24) is 4.98 Å². The Kier molecular flexibility index (Phi) is 8.72. The van der Waals surface area contributed by atoms with Crippen LogP contribution in [0.3, 0.4) is 0 Å². The van der Waals surface area contributed by atoms with Crippen LogP contribution in [-0.4, -0.2) is 36.4 Å². The summed E-state index contributed by atoms with van der Waals surface area (Å²) in [4.78, 5) is 21.8. The van der Waals surface area contributed by atoms with Crippen LogP contribution in [0.2, 0.25) is 5.02 Å². The SMILES string of the molecule is CO/N=C1\CCCC[C@@H]1CCCC(=O)c1cc(-c2ccc(Cl)cc2)c(OCC(F)(F)F)cn1. The summed E-state index contributed by atoms with van der Waals surface area (Å²) in [5.74, 6) is 0.0877. The number of aromatic nitrogens is 1. The molecule has 1 aromatic carbocycles. The van der Waals surface area contributed by atoms with Crippen molar-refractivity contribution in [2.75, 3.05) is 13.7 Å². The maximum absolute atomic E-state index is 12.8. The number of carbonyl (C=O) groups is 1. The van der Waals surface area contributed by atoms with E-state index in [-0.39, 0.29) is 23.6 Å². The second-order valence-corrected chi connectivity index (χ2v) is 8.44. The van der Waals surface area contributed by atoms with Gasteiger partial charge in [0.05, 0.1) is 11.9 Å². The molecule has 0 N–H and O–H groups in total. The van der Waals surface area contributed by atoms with E-state index in [1.807, 2.05) is 0 Å². The lowest BCUT2D eigenvalue weighted by Crippen LogP contribution is -2.20. The maximum atomic E-state index is 12.8. The molecule has 1 heterocycles. The molecule has 0 radical (unpaired) electrons. The molecule has 1 aromatic heterocycles. The molecule has 1 aliphatic carbocycles. The summed E-state index contributed by atoms with van der Waals surface area (Å²) >= 11 is 5.93. The van der Waals surface area contributed by atoms with Crippen molar-refractivity contribution in [2.45, 2.75) is 51.1 Å². The van der Waals surface area contributed by atoms with Gasteiger partial charge in [0.15, 0.2) is 12.4 Å². The summed E-state index contributed by atoms with van der Waals surface area (Å²) in [7, 11) is 1.54. The van der Waals surface area contributed by atoms with Crippen molar-refractivity contribution in [3.05, 3.63) is 47.2 Å². The van der Waals surface area contributed by atoms with Gasteiger partial charge in [-0.15, -0.1) is 0 Å². The van der Waals surface area contributed by atoms with Gasteiger partial charge in [-0.3, -0.25) is 4.79 Å². The van der Waals surface area contributed by atoms with Gasteiger partial charge in [0.2, 0.25) is 0 Å². The van der Waals surface area contributed by atoms with Crippen LogP contribution in [0.5, 0.6) is 5.75 Å². The summed E-state index contributed by atoms with van der Waals surface area (Å²) in [5.41, 5.74) is 2.17. The topological polar surface area (TPSA) is 60.8 Å². The first-order valence-electron chi connectivity index (χ1n) is 10.9. The number of pyridine rings is 1. The third kappa shape index (κ3) is 7.45. The highest BCUT2D eigenvalue weighted by Crippen LogP contribution is 2.33. The monoisotopic (exact) mass is 482 g/mol. The summed E-state index contributed by atoms with van der Waals surface area (Å²) in [6, 6.07) is 8.04. The van der Waals surface area contributed by atoms with Gasteiger partial charge in [-0.1, -0.05) is 35.3 Å². The van der Waals surface area contributed by atoms with Crippen molar-refractivity contribution >= 4 is 23.1 Å². The largest absolute Gasteiger partial charge is 0.482 e. The van der Waals surface area contributed by atoms with E-state index in [1.165, 1.54) is 19.4 Å². The first-order chi connectivity index (χ1) is 15.8. The molecule has 0 unspecified atom stereocenters. The lowest BCUT2D eigenvalue weighted by atomic mass is 9.83. The fourth-order valence-electron chi connectivity index (χ4n) is 3.98. The number of benzene rings is 1. The zero-order valence-electron chi connectivity index (χ0n) is 18.3. The number of halogens is 4. The molecule has 5 nitrogen and oxygen atoms in total. The Bertz CT molecular complexity index is 978. The summed E-state index contributed by atoms with van der Waals surface area (Å²) in [6.45, 7) is -1.45. The first kappa shape index (κ1) is 25.0. The summed E-state index contributed by atoms with van der Waals surface area (Å²) in [5, 5.41) is 4.62. The van der Waals surface area contributed by atoms with Crippen LogP contribution in [0.4, 0.5) is 13.2 Å². The predicted molar refractivity (Wildman–Crippen MR) is 121 cm³/mol. The average molecular weight is 483 g/mol. The van der Waals surface area contributed by atoms with Gasteiger partial charge in [0, 0.05) is 22.9 Å². The van der Waals surface area contributed by atoms with Crippen LogP contribution < -0.4 is 4.74 Å². The van der Waals surface area contributed by atoms with Crippen LogP contribution in [0.15, 0.2) is 41.7 Å². The molecule has 0 saturated heterocycles. The molecule has 0 spiro atoms. The van der Waals surface area contributed by atoms with Crippen LogP contribution in [0, 0.1) is 5.92 Å². The number of hydrogen-bond donors (Lipinski definition) is 0. The maximum Gasteiger partial charge on any atom is 0.422 e. The zero-order chi connectivity index (χ0) is 23.8. The molecule has 2 aromatic rings. The third-order valence-electron chi connectivity index (χ3n) is 5.57. The van der Waals surface area contributed by atoms with Crippen molar-refractivity contribution in [3.8, 4) is 16.9 Å². The smallest absolute Gasteiger partial charge is 0.422 e. The van der Waals surface area contributed by atoms with Crippen LogP contribution >= 0.6 is 11.6 Å². The van der Waals surface area contributed by atoms with Crippen LogP contribution in [0.1, 0.15) is 55.4 Å². The molecular formula is C24H26ClF3N2O3. The number of rotatable bonds is 9. The second-order valence-electron chi connectivity index (χ2n) is 8.00. The molecule has 1 fully saturated rings. The molecule has 1 aliphatic rings. The van der Waals surface area contributed by atoms with E-state index in [9.17, 15) is 18.0 Å². The number of ketones is 1. The minimum absolute atomic E-state index is 0.0474. The molecule has 178 valence electrons. The highest BCUT2D eigenvalue weighted by atomic mass is 35.5. The Labute approximate surface area is 195 Å². The third-order valence-corrected chi connectivity index (χ3v) is 5.82. The van der Waals surface area contributed by atoms with Gasteiger partial charge >= 0.3 is 6.18 Å². The van der Waals surface area contributed by atoms with E-state index in [0.717, 1.165) is 37.8 Å². The highest BCUT2D eigenvalue weighted by Gasteiger charge is 2.29. The minimum atomic E-state index is -4.49. The highest BCUT2D eigenvalue weighted by molar-refractivity contribution is 6.30. The molecule has 33 heavy (non-hydrogen) atoms. The fourth-order valence-corrected chi connectivity index (χ4v) is 4.10. The van der Waals surface area contributed by atoms with Crippen molar-refractivity contribution < 1.29 is 27.5 Å². The Morgan fingerprint density at radius 2 is 2.00 bits per heavy atom. The predicted octanol–water partition coefficient (Wildman–Crippen LogP) is 6.89. The van der Waals surface area contributed by atoms with Crippen molar-refractivity contribution in [1.29, 1.82) is 0 Å². The standard InChI is InChI=1S/C24H26ClF3N2O3/c1-32-30-20-7-3-2-5-17(20)6-4-8-22(31)21-13-19(16-9-11-18(25)12-10-16)23(14-29-21)33-15-24(26,27)28/h9-14,17H,2-8,15H2,1H3/b30-20+/t17-/m1/s1. The van der Waals surface area contributed by atoms with Crippen molar-refractivity contribution in [2.24, 2.45) is 11.1 Å². The molecule has 1 atom stereocenters. The zero-order valence-corrected chi connectivity index (χ0v) is 19.1. The second kappa shape index (κ2) is 11.5. The summed E-state index contributed by atoms with van der Waals surface area (Å²) < 4.78 is 43.0. The Morgan fingerprint density at radius 1 is 1.24 bits per heavy atom. The molecule has 1 saturated carbocycles. The minimum Gasteiger partial charge on any atom is -0.482 e. The normalized spacial score (nSPS) is 17.7. The van der Waals surface area contributed by atoms with Gasteiger partial charge in [-0.2, -0.15) is 13.2 Å². The van der Waals surface area contributed by atoms with E-state index in [0.29, 0.717) is 28.5 Å². The van der Waals surface area contributed by atoms with E-state index < -0.39 is 12.8 Å². The Hall–Kier alpha value is -2.61. The van der Waals surface area contributed by atoms with E-state index in [2.05, 4.69) is 10.1 Å². The van der Waals surface area contributed by atoms with Crippen LogP contribution in [0.25, 0.3) is 11.1 Å². The molecular weight excluding hydrogens is 457 g/mol. The van der Waals surface area contributed by atoms with Gasteiger partial charge < -0.3 is 9.57 Å². The fraction of sp³-hybridized carbons (Fsp3) is 0.458. The van der Waals surface area contributed by atoms with Gasteiger partial charge in [-0.25, -0.2) is 4.98 Å². The van der Waals surface area contributed by atoms with Gasteiger partial charge in [-0.05, 0) is 55.9 Å². The molecule has 9 heteroatoms. The number of nitrogens with zero attached hydrogens (tertiary/aromatic N) is 2. The number of carbonyl (C=O) groups excluding carboxylic acids is 1.